The van der Waals surface area contributed by atoms with E-state index in [2.05, 4.69) is 13.8 Å². The van der Waals surface area contributed by atoms with Crippen LogP contribution in [0.15, 0.2) is 23.0 Å². The summed E-state index contributed by atoms with van der Waals surface area (Å²) in [5.74, 6) is 0.642. The summed E-state index contributed by atoms with van der Waals surface area (Å²) in [6.07, 6.45) is 4.72. The Morgan fingerprint density at radius 1 is 1.67 bits per heavy atom. The van der Waals surface area contributed by atoms with Gasteiger partial charge >= 0.3 is 0 Å². The lowest BCUT2D eigenvalue weighted by atomic mass is 10.0. The lowest BCUT2D eigenvalue weighted by Gasteiger charge is -2.01. The predicted molar refractivity (Wildman–Crippen MR) is 37.4 cm³/mol. The number of rotatable bonds is 2. The van der Waals surface area contributed by atoms with Crippen molar-refractivity contribution in [1.29, 1.82) is 0 Å². The van der Waals surface area contributed by atoms with Crippen LogP contribution in [-0.4, -0.2) is 0 Å². The van der Waals surface area contributed by atoms with Crippen LogP contribution in [0, 0.1) is 0 Å². The Bertz CT molecular complexity index is 153. The van der Waals surface area contributed by atoms with Crippen LogP contribution < -0.4 is 0 Å². The second-order valence-electron chi connectivity index (χ2n) is 2.37. The van der Waals surface area contributed by atoms with Gasteiger partial charge in [-0.3, -0.25) is 0 Å². The van der Waals surface area contributed by atoms with Crippen molar-refractivity contribution in [3.8, 4) is 0 Å². The fourth-order valence-electron chi connectivity index (χ4n) is 0.791. The van der Waals surface area contributed by atoms with Gasteiger partial charge in [-0.25, -0.2) is 0 Å². The zero-order valence-electron chi connectivity index (χ0n) is 5.92. The monoisotopic (exact) mass is 124 g/mol. The van der Waals surface area contributed by atoms with E-state index >= 15 is 0 Å². The Balaban J connectivity index is 2.65. The Morgan fingerprint density at radius 2 is 2.44 bits per heavy atom. The molecule has 1 aromatic rings. The first-order chi connectivity index (χ1) is 4.34. The second-order valence-corrected chi connectivity index (χ2v) is 2.37. The molecule has 0 saturated heterocycles. The Labute approximate surface area is 55.7 Å². The molecule has 0 amide bonds. The maximum Gasteiger partial charge on any atom is 0.0937 e. The van der Waals surface area contributed by atoms with Gasteiger partial charge in [0.25, 0.3) is 0 Å². The van der Waals surface area contributed by atoms with Crippen molar-refractivity contribution in [2.75, 3.05) is 0 Å². The normalized spacial score (nSPS) is 13.6. The molecule has 1 atom stereocenters. The van der Waals surface area contributed by atoms with Gasteiger partial charge in [0.1, 0.15) is 0 Å². The predicted octanol–water partition coefficient (Wildman–Crippen LogP) is 2.79. The molecule has 50 valence electrons. The third-order valence-electron chi connectivity index (χ3n) is 1.72. The maximum atomic E-state index is 4.94. The quantitative estimate of drug-likeness (QED) is 0.590. The number of hydrogen-bond acceptors (Lipinski definition) is 1. The van der Waals surface area contributed by atoms with Crippen LogP contribution in [0.4, 0.5) is 0 Å². The van der Waals surface area contributed by atoms with Crippen molar-refractivity contribution in [3.05, 3.63) is 24.2 Å². The van der Waals surface area contributed by atoms with E-state index in [1.165, 1.54) is 12.0 Å². The summed E-state index contributed by atoms with van der Waals surface area (Å²) in [6.45, 7) is 4.38. The van der Waals surface area contributed by atoms with Gasteiger partial charge in [-0.15, -0.1) is 0 Å². The van der Waals surface area contributed by atoms with Crippen LogP contribution in [0.1, 0.15) is 31.7 Å². The van der Waals surface area contributed by atoms with E-state index in [9.17, 15) is 0 Å². The molecule has 0 saturated carbocycles. The summed E-state index contributed by atoms with van der Waals surface area (Å²) in [7, 11) is 0. The first kappa shape index (κ1) is 6.40. The van der Waals surface area contributed by atoms with Crippen LogP contribution in [0.5, 0.6) is 0 Å². The van der Waals surface area contributed by atoms with Gasteiger partial charge in [-0.1, -0.05) is 13.8 Å². The zero-order valence-corrected chi connectivity index (χ0v) is 5.92. The fraction of sp³-hybridized carbons (Fsp3) is 0.500. The number of furan rings is 1. The summed E-state index contributed by atoms with van der Waals surface area (Å²) in [5, 5.41) is 0. The molecule has 1 heteroatoms. The van der Waals surface area contributed by atoms with E-state index in [4.69, 9.17) is 4.42 Å². The lowest BCUT2D eigenvalue weighted by Crippen LogP contribution is -1.85. The van der Waals surface area contributed by atoms with Gasteiger partial charge in [0.05, 0.1) is 12.5 Å². The van der Waals surface area contributed by atoms with Crippen molar-refractivity contribution >= 4 is 0 Å². The molecule has 1 aromatic heterocycles. The second kappa shape index (κ2) is 2.72. The van der Waals surface area contributed by atoms with Crippen LogP contribution in [0.2, 0.25) is 0 Å². The summed E-state index contributed by atoms with van der Waals surface area (Å²) >= 11 is 0. The summed E-state index contributed by atoms with van der Waals surface area (Å²) in [5.41, 5.74) is 1.30. The molecule has 1 nitrogen and oxygen atoms in total. The Kier molecular flexibility index (Phi) is 1.93. The molecule has 0 unspecified atom stereocenters. The average molecular weight is 124 g/mol. The van der Waals surface area contributed by atoms with Crippen molar-refractivity contribution in [1.82, 2.24) is 0 Å². The van der Waals surface area contributed by atoms with Gasteiger partial charge in [-0.05, 0) is 24.0 Å². The maximum absolute atomic E-state index is 4.94. The molecule has 0 aliphatic rings. The van der Waals surface area contributed by atoms with Crippen molar-refractivity contribution in [3.63, 3.8) is 0 Å². The molecular weight excluding hydrogens is 112 g/mol. The highest BCUT2D eigenvalue weighted by Crippen LogP contribution is 2.17. The van der Waals surface area contributed by atoms with Gasteiger partial charge in [0, 0.05) is 0 Å². The molecule has 0 spiro atoms. The third-order valence-corrected chi connectivity index (χ3v) is 1.72. The van der Waals surface area contributed by atoms with Gasteiger partial charge in [-0.2, -0.15) is 0 Å². The third kappa shape index (κ3) is 1.35. The summed E-state index contributed by atoms with van der Waals surface area (Å²) in [6, 6.07) is 2.02. The molecule has 0 aliphatic carbocycles. The van der Waals surface area contributed by atoms with E-state index < -0.39 is 0 Å². The smallest absolute Gasteiger partial charge is 0.0937 e. The molecule has 1 heterocycles. The van der Waals surface area contributed by atoms with E-state index in [-0.39, 0.29) is 0 Å². The molecule has 0 bridgehead atoms. The van der Waals surface area contributed by atoms with Crippen molar-refractivity contribution < 1.29 is 4.42 Å². The topological polar surface area (TPSA) is 13.1 Å². The molecule has 0 radical (unpaired) electrons. The first-order valence-corrected chi connectivity index (χ1v) is 3.36. The largest absolute Gasteiger partial charge is 0.472 e. The van der Waals surface area contributed by atoms with Gasteiger partial charge in [0.15, 0.2) is 0 Å². The first-order valence-electron chi connectivity index (χ1n) is 3.36. The summed E-state index contributed by atoms with van der Waals surface area (Å²) < 4.78 is 4.94. The fourth-order valence-corrected chi connectivity index (χ4v) is 0.791. The molecular formula is C8H12O. The van der Waals surface area contributed by atoms with E-state index in [0.717, 1.165) is 0 Å². The highest BCUT2D eigenvalue weighted by atomic mass is 16.3. The van der Waals surface area contributed by atoms with Crippen LogP contribution >= 0.6 is 0 Å². The molecule has 0 N–H and O–H groups in total. The standard InChI is InChI=1S/C8H12O/c1-3-7(2)8-4-5-9-6-8/h4-7H,3H2,1-2H3/t7-/m0/s1. The van der Waals surface area contributed by atoms with E-state index in [1.54, 1.807) is 6.26 Å². The Hall–Kier alpha value is -0.720. The van der Waals surface area contributed by atoms with Crippen LogP contribution in [-0.2, 0) is 0 Å². The minimum absolute atomic E-state index is 0.642. The highest BCUT2D eigenvalue weighted by Gasteiger charge is 2.01. The lowest BCUT2D eigenvalue weighted by molar-refractivity contribution is 0.559. The molecule has 9 heavy (non-hydrogen) atoms. The highest BCUT2D eigenvalue weighted by molar-refractivity contribution is 5.10. The van der Waals surface area contributed by atoms with Crippen LogP contribution in [0.3, 0.4) is 0 Å². The summed E-state index contributed by atoms with van der Waals surface area (Å²) in [4.78, 5) is 0. The molecule has 0 aromatic carbocycles. The molecule has 0 aliphatic heterocycles. The number of hydrogen-bond donors (Lipinski definition) is 0. The minimum Gasteiger partial charge on any atom is -0.472 e. The van der Waals surface area contributed by atoms with E-state index in [1.807, 2.05) is 12.3 Å². The van der Waals surface area contributed by atoms with Gasteiger partial charge < -0.3 is 4.42 Å². The van der Waals surface area contributed by atoms with E-state index in [0.29, 0.717) is 5.92 Å². The Morgan fingerprint density at radius 3 is 2.89 bits per heavy atom. The molecule has 1 rings (SSSR count). The zero-order chi connectivity index (χ0) is 6.69. The molecule has 0 fully saturated rings. The van der Waals surface area contributed by atoms with Crippen molar-refractivity contribution in [2.24, 2.45) is 0 Å². The minimum atomic E-state index is 0.642. The van der Waals surface area contributed by atoms with Crippen LogP contribution in [0.25, 0.3) is 0 Å². The van der Waals surface area contributed by atoms with Crippen molar-refractivity contribution in [2.45, 2.75) is 26.2 Å². The SMILES string of the molecule is CC[C@H](C)c1ccoc1. The average Bonchev–Trinajstić information content (AvgIpc) is 2.37. The van der Waals surface area contributed by atoms with Gasteiger partial charge in [0.2, 0.25) is 0 Å².